The number of hydrogen-bond acceptors (Lipinski definition) is 4. The zero-order valence-corrected chi connectivity index (χ0v) is 6.73. The second-order valence-electron chi connectivity index (χ2n) is 2.38. The number of hydrogen-bond donors (Lipinski definition) is 3. The zero-order chi connectivity index (χ0) is 8.69. The molecule has 0 aromatic carbocycles. The van der Waals surface area contributed by atoms with Crippen LogP contribution in [0, 0.1) is 0 Å². The molecule has 0 unspecified atom stereocenters. The number of epoxide rings is 1. The van der Waals surface area contributed by atoms with Gasteiger partial charge in [-0.1, -0.05) is 6.92 Å². The molecule has 0 aromatic rings. The third kappa shape index (κ3) is 7.74. The van der Waals surface area contributed by atoms with Gasteiger partial charge in [0.25, 0.3) is 0 Å². The normalized spacial score (nSPS) is 23.5. The van der Waals surface area contributed by atoms with E-state index >= 15 is 0 Å². The maximum Gasteiger partial charge on any atom is 0.104 e. The molecule has 1 heterocycles. The van der Waals surface area contributed by atoms with Crippen molar-refractivity contribution in [1.29, 1.82) is 0 Å². The Morgan fingerprint density at radius 1 is 1.55 bits per heavy atom. The van der Waals surface area contributed by atoms with Crippen LogP contribution in [-0.2, 0) is 4.74 Å². The first kappa shape index (κ1) is 10.8. The minimum absolute atomic E-state index is 0.115. The molecule has 4 nitrogen and oxygen atoms in total. The molecule has 4 heteroatoms. The van der Waals surface area contributed by atoms with Gasteiger partial charge in [0, 0.05) is 0 Å². The molecule has 1 rings (SSSR count). The molecule has 0 bridgehead atoms. The second-order valence-corrected chi connectivity index (χ2v) is 2.38. The Labute approximate surface area is 66.4 Å². The molecular formula is C7H16O4. The van der Waals surface area contributed by atoms with Crippen molar-refractivity contribution in [2.24, 2.45) is 0 Å². The van der Waals surface area contributed by atoms with Gasteiger partial charge in [0.1, 0.15) is 6.10 Å². The highest BCUT2D eigenvalue weighted by molar-refractivity contribution is 4.65. The van der Waals surface area contributed by atoms with Crippen molar-refractivity contribution < 1.29 is 20.1 Å². The van der Waals surface area contributed by atoms with Crippen LogP contribution in [0.5, 0.6) is 0 Å². The Bertz CT molecular complexity index is 78.5. The van der Waals surface area contributed by atoms with Gasteiger partial charge in [0.05, 0.1) is 25.9 Å². The lowest BCUT2D eigenvalue weighted by Gasteiger charge is -1.97. The van der Waals surface area contributed by atoms with E-state index in [4.69, 9.17) is 15.3 Å². The fourth-order valence-corrected chi connectivity index (χ4v) is 0.303. The van der Waals surface area contributed by atoms with Crippen molar-refractivity contribution in [3.63, 3.8) is 0 Å². The highest BCUT2D eigenvalue weighted by Gasteiger charge is 2.19. The Morgan fingerprint density at radius 3 is 2.09 bits per heavy atom. The molecule has 0 saturated carbocycles. The summed E-state index contributed by atoms with van der Waals surface area (Å²) < 4.78 is 4.61. The van der Waals surface area contributed by atoms with E-state index in [1.165, 1.54) is 0 Å². The van der Waals surface area contributed by atoms with E-state index in [0.29, 0.717) is 6.42 Å². The maximum atomic E-state index is 8.42. The molecular weight excluding hydrogens is 148 g/mol. The largest absolute Gasteiger partial charge is 0.394 e. The van der Waals surface area contributed by atoms with Gasteiger partial charge in [-0.2, -0.15) is 0 Å². The first-order valence-electron chi connectivity index (χ1n) is 3.76. The molecule has 1 saturated heterocycles. The van der Waals surface area contributed by atoms with E-state index < -0.39 is 6.10 Å². The first-order chi connectivity index (χ1) is 5.24. The van der Waals surface area contributed by atoms with Gasteiger partial charge in [-0.05, 0) is 6.42 Å². The summed E-state index contributed by atoms with van der Waals surface area (Å²) in [6, 6.07) is 0. The van der Waals surface area contributed by atoms with Gasteiger partial charge in [-0.25, -0.2) is 0 Å². The van der Waals surface area contributed by atoms with Crippen LogP contribution in [0.4, 0.5) is 0 Å². The molecule has 11 heavy (non-hydrogen) atoms. The fraction of sp³-hybridized carbons (Fsp3) is 1.00. The number of ether oxygens (including phenoxy) is 1. The lowest BCUT2D eigenvalue weighted by molar-refractivity contribution is 0.0923. The summed E-state index contributed by atoms with van der Waals surface area (Å²) in [5, 5.41) is 24.6. The van der Waals surface area contributed by atoms with Crippen LogP contribution in [-0.4, -0.2) is 47.3 Å². The molecule has 0 amide bonds. The summed E-state index contributed by atoms with van der Waals surface area (Å²) in [4.78, 5) is 0. The molecule has 1 aliphatic heterocycles. The van der Waals surface area contributed by atoms with Crippen molar-refractivity contribution in [3.05, 3.63) is 0 Å². The Balaban J connectivity index is 0.000000183. The number of aliphatic hydroxyl groups excluding tert-OH is 3. The van der Waals surface area contributed by atoms with Gasteiger partial charge in [-0.3, -0.25) is 0 Å². The third-order valence-corrected chi connectivity index (χ3v) is 1.29. The average Bonchev–Trinajstić information content (AvgIpc) is 2.86. The van der Waals surface area contributed by atoms with E-state index in [0.717, 1.165) is 6.61 Å². The van der Waals surface area contributed by atoms with Crippen molar-refractivity contribution in [2.75, 3.05) is 19.8 Å². The Hall–Kier alpha value is -0.160. The molecule has 68 valence electrons. The third-order valence-electron chi connectivity index (χ3n) is 1.29. The van der Waals surface area contributed by atoms with E-state index in [1.54, 1.807) is 0 Å². The molecule has 1 aliphatic rings. The molecule has 0 spiro atoms. The maximum absolute atomic E-state index is 8.42. The van der Waals surface area contributed by atoms with Crippen molar-refractivity contribution >= 4 is 0 Å². The zero-order valence-electron chi connectivity index (χ0n) is 6.73. The number of rotatable bonds is 3. The average molecular weight is 164 g/mol. The topological polar surface area (TPSA) is 73.2 Å². The van der Waals surface area contributed by atoms with Crippen LogP contribution in [0.1, 0.15) is 13.3 Å². The predicted molar refractivity (Wildman–Crippen MR) is 40.2 cm³/mol. The highest BCUT2D eigenvalue weighted by Crippen LogP contribution is 2.04. The monoisotopic (exact) mass is 164 g/mol. The molecule has 3 N–H and O–H groups in total. The lowest BCUT2D eigenvalue weighted by atomic mass is 10.3. The first-order valence-corrected chi connectivity index (χ1v) is 3.76. The molecule has 0 aliphatic carbocycles. The van der Waals surface area contributed by atoms with Crippen LogP contribution < -0.4 is 0 Å². The summed E-state index contributed by atoms with van der Waals surface area (Å²) >= 11 is 0. The smallest absolute Gasteiger partial charge is 0.104 e. The van der Waals surface area contributed by atoms with Crippen molar-refractivity contribution in [1.82, 2.24) is 0 Å². The lowest BCUT2D eigenvalue weighted by Crippen LogP contribution is -2.08. The van der Waals surface area contributed by atoms with Gasteiger partial charge < -0.3 is 20.1 Å². The molecule has 1 fully saturated rings. The van der Waals surface area contributed by atoms with Gasteiger partial charge in [0.15, 0.2) is 0 Å². The fourth-order valence-electron chi connectivity index (χ4n) is 0.303. The summed E-state index contributed by atoms with van der Waals surface area (Å²) in [5.41, 5.74) is 0. The SMILES string of the molecule is CC[C@H](O)CO.OC[C@@H]1CO1. The minimum Gasteiger partial charge on any atom is -0.394 e. The number of aliphatic hydroxyl groups is 3. The summed E-state index contributed by atoms with van der Waals surface area (Å²) in [7, 11) is 0. The molecule has 0 aromatic heterocycles. The van der Waals surface area contributed by atoms with E-state index in [2.05, 4.69) is 4.74 Å². The quantitative estimate of drug-likeness (QED) is 0.474. The van der Waals surface area contributed by atoms with Crippen LogP contribution >= 0.6 is 0 Å². The summed E-state index contributed by atoms with van der Waals surface area (Å²) in [5.74, 6) is 0. The van der Waals surface area contributed by atoms with E-state index in [9.17, 15) is 0 Å². The Kier molecular flexibility index (Phi) is 6.45. The van der Waals surface area contributed by atoms with Crippen LogP contribution in [0.2, 0.25) is 0 Å². The standard InChI is InChI=1S/C4H10O2.C3H6O2/c1-2-4(6)3-5;4-1-3-2-5-3/h4-6H,2-3H2,1H3;3-4H,1-2H2/t4-;3-/m01/s1. The molecule has 2 atom stereocenters. The summed E-state index contributed by atoms with van der Waals surface area (Å²) in [6.07, 6.45) is 0.316. The van der Waals surface area contributed by atoms with Crippen molar-refractivity contribution in [2.45, 2.75) is 25.6 Å². The Morgan fingerprint density at radius 2 is 2.09 bits per heavy atom. The molecule has 0 radical (unpaired) electrons. The van der Waals surface area contributed by atoms with Gasteiger partial charge in [-0.15, -0.1) is 0 Å². The second kappa shape index (κ2) is 6.54. The van der Waals surface area contributed by atoms with Crippen LogP contribution in [0.3, 0.4) is 0 Å². The summed E-state index contributed by atoms with van der Waals surface area (Å²) in [6.45, 7) is 2.66. The van der Waals surface area contributed by atoms with Gasteiger partial charge >= 0.3 is 0 Å². The minimum atomic E-state index is -0.509. The predicted octanol–water partition coefficient (Wildman–Crippen LogP) is -0.873. The van der Waals surface area contributed by atoms with E-state index in [1.807, 2.05) is 6.92 Å². The van der Waals surface area contributed by atoms with Crippen LogP contribution in [0.15, 0.2) is 0 Å². The van der Waals surface area contributed by atoms with Gasteiger partial charge in [0.2, 0.25) is 0 Å². The van der Waals surface area contributed by atoms with Crippen molar-refractivity contribution in [3.8, 4) is 0 Å². The van der Waals surface area contributed by atoms with Crippen LogP contribution in [0.25, 0.3) is 0 Å². The van der Waals surface area contributed by atoms with E-state index in [-0.39, 0.29) is 19.3 Å². The highest BCUT2D eigenvalue weighted by atomic mass is 16.6.